The molecule has 3 aromatic heterocycles. The van der Waals surface area contributed by atoms with Gasteiger partial charge in [-0.25, -0.2) is 4.98 Å². The minimum absolute atomic E-state index is 0.127. The van der Waals surface area contributed by atoms with Gasteiger partial charge in [0.05, 0.1) is 6.04 Å². The Bertz CT molecular complexity index is 990. The van der Waals surface area contributed by atoms with Crippen molar-refractivity contribution in [3.63, 3.8) is 0 Å². The molecule has 2 unspecified atom stereocenters. The molecule has 9 nitrogen and oxygen atoms in total. The molecule has 4 rings (SSSR count). The van der Waals surface area contributed by atoms with E-state index in [9.17, 15) is 9.59 Å². The number of nitrogens with one attached hydrogen (secondary N) is 2. The van der Waals surface area contributed by atoms with E-state index in [0.717, 1.165) is 25.0 Å². The molecule has 0 spiro atoms. The number of likely N-dealkylation sites (tertiary alicyclic amines) is 1. The Balaban J connectivity index is 1.49. The summed E-state index contributed by atoms with van der Waals surface area (Å²) in [6.07, 6.45) is 5.23. The van der Waals surface area contributed by atoms with Crippen LogP contribution < -0.4 is 5.32 Å². The lowest BCUT2D eigenvalue weighted by molar-refractivity contribution is 0.0542. The molecule has 29 heavy (non-hydrogen) atoms. The van der Waals surface area contributed by atoms with Gasteiger partial charge >= 0.3 is 0 Å². The Labute approximate surface area is 167 Å². The van der Waals surface area contributed by atoms with Crippen molar-refractivity contribution in [3.8, 4) is 11.5 Å². The zero-order chi connectivity index (χ0) is 20.4. The molecule has 0 aromatic carbocycles. The molecule has 0 radical (unpaired) electrons. The van der Waals surface area contributed by atoms with Gasteiger partial charge in [0.2, 0.25) is 0 Å². The summed E-state index contributed by atoms with van der Waals surface area (Å²) < 4.78 is 10.5. The summed E-state index contributed by atoms with van der Waals surface area (Å²) in [4.78, 5) is 31.1. The van der Waals surface area contributed by atoms with Crippen LogP contribution >= 0.6 is 0 Å². The number of aromatic nitrogens is 3. The maximum Gasteiger partial charge on any atom is 0.274 e. The lowest BCUT2D eigenvalue weighted by atomic mass is 9.95. The van der Waals surface area contributed by atoms with Gasteiger partial charge in [-0.15, -0.1) is 0 Å². The number of piperidine rings is 1. The van der Waals surface area contributed by atoms with Crippen molar-refractivity contribution in [1.29, 1.82) is 0 Å². The van der Waals surface area contributed by atoms with Gasteiger partial charge in [-0.1, -0.05) is 0 Å². The summed E-state index contributed by atoms with van der Waals surface area (Å²) in [5.41, 5.74) is 1.20. The maximum atomic E-state index is 13.2. The number of nitrogens with zero attached hydrogens (tertiary/aromatic N) is 3. The van der Waals surface area contributed by atoms with Crippen LogP contribution in [-0.2, 0) is 0 Å². The van der Waals surface area contributed by atoms with Gasteiger partial charge < -0.3 is 19.1 Å². The number of H-pyrrole nitrogens is 1. The number of hydrogen-bond acceptors (Lipinski definition) is 6. The van der Waals surface area contributed by atoms with Crippen LogP contribution in [0.5, 0.6) is 0 Å². The molecule has 2 atom stereocenters. The fraction of sp³-hybridized carbons (Fsp3) is 0.400. The SMILES string of the molecule is Cc1ccc(-c2cc(C(=O)N3CCCCC3C(C)NC(=O)c3cocn3)n[nH]2)o1. The summed E-state index contributed by atoms with van der Waals surface area (Å²) in [5, 5.41) is 9.98. The van der Waals surface area contributed by atoms with E-state index >= 15 is 0 Å². The van der Waals surface area contributed by atoms with Crippen molar-refractivity contribution in [2.45, 2.75) is 45.2 Å². The molecular weight excluding hydrogens is 374 g/mol. The molecule has 1 saturated heterocycles. The number of carbonyl (C=O) groups excluding carboxylic acids is 2. The predicted molar refractivity (Wildman–Crippen MR) is 103 cm³/mol. The smallest absolute Gasteiger partial charge is 0.274 e. The Morgan fingerprint density at radius 3 is 2.90 bits per heavy atom. The van der Waals surface area contributed by atoms with Crippen LogP contribution in [0.1, 0.15) is 52.9 Å². The first-order chi connectivity index (χ1) is 14.0. The van der Waals surface area contributed by atoms with Gasteiger partial charge in [0.1, 0.15) is 17.7 Å². The number of aromatic amines is 1. The Kier molecular flexibility index (Phi) is 5.20. The highest BCUT2D eigenvalue weighted by atomic mass is 16.3. The Morgan fingerprint density at radius 2 is 2.17 bits per heavy atom. The topological polar surface area (TPSA) is 117 Å². The largest absolute Gasteiger partial charge is 0.460 e. The molecule has 4 heterocycles. The fourth-order valence-corrected chi connectivity index (χ4v) is 3.71. The maximum absolute atomic E-state index is 13.2. The fourth-order valence-electron chi connectivity index (χ4n) is 3.71. The van der Waals surface area contributed by atoms with E-state index in [0.29, 0.717) is 23.7 Å². The van der Waals surface area contributed by atoms with Crippen LogP contribution in [0.25, 0.3) is 11.5 Å². The van der Waals surface area contributed by atoms with Crippen molar-refractivity contribution in [2.24, 2.45) is 0 Å². The van der Waals surface area contributed by atoms with E-state index in [1.807, 2.05) is 26.0 Å². The van der Waals surface area contributed by atoms with Gasteiger partial charge in [0.25, 0.3) is 11.8 Å². The average Bonchev–Trinajstić information content (AvgIpc) is 3.48. The second-order valence-electron chi connectivity index (χ2n) is 7.27. The summed E-state index contributed by atoms with van der Waals surface area (Å²) in [7, 11) is 0. The molecule has 2 N–H and O–H groups in total. The first-order valence-electron chi connectivity index (χ1n) is 9.65. The second kappa shape index (κ2) is 7.94. The summed E-state index contributed by atoms with van der Waals surface area (Å²) in [6.45, 7) is 4.38. The van der Waals surface area contributed by atoms with Crippen molar-refractivity contribution in [1.82, 2.24) is 25.4 Å². The van der Waals surface area contributed by atoms with Crippen molar-refractivity contribution < 1.29 is 18.4 Å². The molecule has 1 fully saturated rings. The first-order valence-corrected chi connectivity index (χ1v) is 9.65. The minimum Gasteiger partial charge on any atom is -0.460 e. The lowest BCUT2D eigenvalue weighted by Crippen LogP contribution is -2.54. The predicted octanol–water partition coefficient (Wildman–Crippen LogP) is 2.78. The minimum atomic E-state index is -0.320. The molecule has 3 aromatic rings. The van der Waals surface area contributed by atoms with Crippen LogP contribution in [0.15, 0.2) is 39.7 Å². The number of amides is 2. The van der Waals surface area contributed by atoms with Crippen LogP contribution in [0.3, 0.4) is 0 Å². The van der Waals surface area contributed by atoms with Gasteiger partial charge in [-0.05, 0) is 45.2 Å². The normalized spacial score (nSPS) is 17.9. The zero-order valence-electron chi connectivity index (χ0n) is 16.3. The van der Waals surface area contributed by atoms with Crippen molar-refractivity contribution in [2.75, 3.05) is 6.54 Å². The summed E-state index contributed by atoms with van der Waals surface area (Å²) in [6, 6.07) is 5.03. The van der Waals surface area contributed by atoms with E-state index in [2.05, 4.69) is 20.5 Å². The highest BCUT2D eigenvalue weighted by molar-refractivity contribution is 5.94. The quantitative estimate of drug-likeness (QED) is 0.684. The van der Waals surface area contributed by atoms with Crippen LogP contribution in [0.4, 0.5) is 0 Å². The molecule has 152 valence electrons. The van der Waals surface area contributed by atoms with Gasteiger partial charge in [0, 0.05) is 18.7 Å². The second-order valence-corrected chi connectivity index (χ2v) is 7.27. The van der Waals surface area contributed by atoms with E-state index in [-0.39, 0.29) is 29.6 Å². The number of rotatable bonds is 5. The lowest BCUT2D eigenvalue weighted by Gasteiger charge is -2.39. The van der Waals surface area contributed by atoms with E-state index in [1.165, 1.54) is 12.7 Å². The summed E-state index contributed by atoms with van der Waals surface area (Å²) >= 11 is 0. The van der Waals surface area contributed by atoms with Gasteiger partial charge in [-0.2, -0.15) is 5.10 Å². The standard InChI is InChI=1S/C20H23N5O4/c1-12-6-7-18(29-12)14-9-15(24-23-14)20(27)25-8-4-3-5-17(25)13(2)22-19(26)16-10-28-11-21-16/h6-7,9-11,13,17H,3-5,8H2,1-2H3,(H,22,26)(H,23,24). The number of hydrogen-bond donors (Lipinski definition) is 2. The van der Waals surface area contributed by atoms with Crippen molar-refractivity contribution >= 4 is 11.8 Å². The molecule has 9 heteroatoms. The molecule has 2 amide bonds. The Hall–Kier alpha value is -3.36. The van der Waals surface area contributed by atoms with Crippen LogP contribution in [-0.4, -0.2) is 50.5 Å². The third-order valence-electron chi connectivity index (χ3n) is 5.21. The molecular formula is C20H23N5O4. The molecule has 1 aliphatic rings. The molecule has 1 aliphatic heterocycles. The van der Waals surface area contributed by atoms with E-state index in [4.69, 9.17) is 8.83 Å². The molecule has 0 aliphatic carbocycles. The zero-order valence-corrected chi connectivity index (χ0v) is 16.3. The monoisotopic (exact) mass is 397 g/mol. The number of oxazole rings is 1. The number of aryl methyl sites for hydroxylation is 1. The van der Waals surface area contributed by atoms with Crippen molar-refractivity contribution in [3.05, 3.63) is 48.0 Å². The van der Waals surface area contributed by atoms with Crippen LogP contribution in [0, 0.1) is 6.92 Å². The number of carbonyl (C=O) groups is 2. The highest BCUT2D eigenvalue weighted by Crippen LogP contribution is 2.24. The highest BCUT2D eigenvalue weighted by Gasteiger charge is 2.33. The summed E-state index contributed by atoms with van der Waals surface area (Å²) in [5.74, 6) is 0.940. The molecule has 0 saturated carbocycles. The average molecular weight is 397 g/mol. The van der Waals surface area contributed by atoms with E-state index in [1.54, 1.807) is 11.0 Å². The van der Waals surface area contributed by atoms with E-state index < -0.39 is 0 Å². The van der Waals surface area contributed by atoms with Crippen LogP contribution in [0.2, 0.25) is 0 Å². The molecule has 0 bridgehead atoms. The third-order valence-corrected chi connectivity index (χ3v) is 5.21. The van der Waals surface area contributed by atoms with Gasteiger partial charge in [0.15, 0.2) is 23.5 Å². The van der Waals surface area contributed by atoms with Gasteiger partial charge in [-0.3, -0.25) is 14.7 Å². The Morgan fingerprint density at radius 1 is 1.31 bits per heavy atom. The first kappa shape index (κ1) is 19.0. The third kappa shape index (κ3) is 3.94. The number of furan rings is 1.